The summed E-state index contributed by atoms with van der Waals surface area (Å²) in [7, 11) is 1.72. The van der Waals surface area contributed by atoms with E-state index in [-0.39, 0.29) is 36.2 Å². The first kappa shape index (κ1) is 25.6. The summed E-state index contributed by atoms with van der Waals surface area (Å²) in [4.78, 5) is 45.2. The highest BCUT2D eigenvalue weighted by Gasteiger charge is 2.48. The van der Waals surface area contributed by atoms with E-state index < -0.39 is 12.1 Å². The molecule has 0 unspecified atom stereocenters. The van der Waals surface area contributed by atoms with Crippen LogP contribution < -0.4 is 10.2 Å². The Labute approximate surface area is 207 Å². The number of hydrogen-bond acceptors (Lipinski definition) is 7. The monoisotopic (exact) mass is 486 g/mol. The van der Waals surface area contributed by atoms with Gasteiger partial charge < -0.3 is 24.6 Å². The topological polar surface area (TPSA) is 91.4 Å². The van der Waals surface area contributed by atoms with E-state index in [9.17, 15) is 14.4 Å². The molecule has 192 valence electrons. The van der Waals surface area contributed by atoms with Gasteiger partial charge in [-0.15, -0.1) is 0 Å². The van der Waals surface area contributed by atoms with Crippen LogP contribution in [-0.2, 0) is 19.1 Å². The number of nitrogens with one attached hydrogen (secondary N) is 1. The Morgan fingerprint density at radius 3 is 2.51 bits per heavy atom. The number of ketones is 1. The van der Waals surface area contributed by atoms with Gasteiger partial charge in [0.25, 0.3) is 5.91 Å². The third-order valence-corrected chi connectivity index (χ3v) is 7.64. The molecular weight excluding hydrogens is 448 g/mol. The van der Waals surface area contributed by atoms with Gasteiger partial charge in [0.05, 0.1) is 12.7 Å². The fraction of sp³-hybridized carbons (Fsp3) is 0.654. The number of Topliss-reactive ketones (excluding diaryl/α,β-unsaturated/α-hetero) is 1. The van der Waals surface area contributed by atoms with Crippen molar-refractivity contribution in [3.8, 4) is 0 Å². The van der Waals surface area contributed by atoms with E-state index in [4.69, 9.17) is 9.47 Å². The number of fused-ring (bicyclic) bond motifs is 1. The number of hydrogen-bond donors (Lipinski definition) is 1. The van der Waals surface area contributed by atoms with Gasteiger partial charge in [0.2, 0.25) is 5.91 Å². The van der Waals surface area contributed by atoms with Gasteiger partial charge in [-0.25, -0.2) is 0 Å². The normalized spacial score (nSPS) is 24.4. The number of rotatable bonds is 9. The number of ether oxygens (including phenoxy) is 2. The van der Waals surface area contributed by atoms with E-state index in [2.05, 4.69) is 15.1 Å². The maximum Gasteiger partial charge on any atom is 0.251 e. The summed E-state index contributed by atoms with van der Waals surface area (Å²) < 4.78 is 10.7. The molecule has 1 N–H and O–H groups in total. The molecule has 4 atom stereocenters. The number of likely N-dealkylation sites (tertiary alicyclic amines) is 1. The number of benzene rings is 1. The first-order chi connectivity index (χ1) is 16.9. The molecule has 3 aliphatic rings. The van der Waals surface area contributed by atoms with E-state index in [1.165, 1.54) is 0 Å². The molecule has 0 radical (unpaired) electrons. The van der Waals surface area contributed by atoms with Gasteiger partial charge in [0, 0.05) is 57.6 Å². The van der Waals surface area contributed by atoms with Crippen LogP contribution in [0.5, 0.6) is 0 Å². The molecule has 0 bridgehead atoms. The maximum atomic E-state index is 13.4. The standard InChI is InChI=1S/C26H38N4O5/c1-4-18(2)23(26(33)30-10-9-22-24(30)21(31)17-35-22)27-25(32)19-5-7-20(8-6-19)29-13-11-28(12-14-29)15-16-34-3/h5-8,18,22-24H,4,9-17H2,1-3H3,(H,27,32)/t18-,22+,23-,24+/m0/s1. The van der Waals surface area contributed by atoms with Crippen molar-refractivity contribution in [3.05, 3.63) is 29.8 Å². The Bertz CT molecular complexity index is 900. The fourth-order valence-corrected chi connectivity index (χ4v) is 5.20. The molecule has 3 aliphatic heterocycles. The van der Waals surface area contributed by atoms with Crippen molar-refractivity contribution < 1.29 is 23.9 Å². The first-order valence-electron chi connectivity index (χ1n) is 12.7. The molecule has 2 amide bonds. The van der Waals surface area contributed by atoms with Gasteiger partial charge in [-0.3, -0.25) is 19.3 Å². The summed E-state index contributed by atoms with van der Waals surface area (Å²) in [6, 6.07) is 6.39. The predicted molar refractivity (Wildman–Crippen MR) is 133 cm³/mol. The second kappa shape index (κ2) is 11.5. The van der Waals surface area contributed by atoms with Crippen molar-refractivity contribution in [3.63, 3.8) is 0 Å². The Balaban J connectivity index is 1.38. The highest BCUT2D eigenvalue weighted by atomic mass is 16.5. The summed E-state index contributed by atoms with van der Waals surface area (Å²) in [5.74, 6) is -0.576. The van der Waals surface area contributed by atoms with Crippen LogP contribution in [0.4, 0.5) is 5.69 Å². The number of nitrogens with zero attached hydrogens (tertiary/aromatic N) is 3. The van der Waals surface area contributed by atoms with Crippen LogP contribution in [0.25, 0.3) is 0 Å². The number of methoxy groups -OCH3 is 1. The molecule has 0 aliphatic carbocycles. The van der Waals surface area contributed by atoms with Crippen LogP contribution in [0.15, 0.2) is 24.3 Å². The lowest BCUT2D eigenvalue weighted by Crippen LogP contribution is -2.54. The van der Waals surface area contributed by atoms with Crippen LogP contribution in [-0.4, -0.2) is 105 Å². The Kier molecular flexibility index (Phi) is 8.41. The van der Waals surface area contributed by atoms with Crippen molar-refractivity contribution >= 4 is 23.3 Å². The molecule has 3 saturated heterocycles. The average Bonchev–Trinajstić information content (AvgIpc) is 3.48. The molecule has 0 aromatic heterocycles. The van der Waals surface area contributed by atoms with Crippen LogP contribution in [0, 0.1) is 5.92 Å². The zero-order valence-electron chi connectivity index (χ0n) is 21.1. The predicted octanol–water partition coefficient (Wildman–Crippen LogP) is 1.17. The van der Waals surface area contributed by atoms with Gasteiger partial charge in [-0.05, 0) is 36.6 Å². The van der Waals surface area contributed by atoms with E-state index in [0.717, 1.165) is 51.4 Å². The van der Waals surface area contributed by atoms with Gasteiger partial charge in [-0.1, -0.05) is 20.3 Å². The molecule has 9 heteroatoms. The number of anilines is 1. The zero-order valence-corrected chi connectivity index (χ0v) is 21.1. The Morgan fingerprint density at radius 1 is 1.14 bits per heavy atom. The van der Waals surface area contributed by atoms with Crippen LogP contribution >= 0.6 is 0 Å². The summed E-state index contributed by atoms with van der Waals surface area (Å²) >= 11 is 0. The third kappa shape index (κ3) is 5.68. The lowest BCUT2D eigenvalue weighted by Gasteiger charge is -2.36. The smallest absolute Gasteiger partial charge is 0.251 e. The van der Waals surface area contributed by atoms with Gasteiger partial charge in [0.1, 0.15) is 18.7 Å². The highest BCUT2D eigenvalue weighted by molar-refractivity contribution is 5.99. The molecule has 4 rings (SSSR count). The van der Waals surface area contributed by atoms with Gasteiger partial charge in [0.15, 0.2) is 5.78 Å². The minimum atomic E-state index is -0.681. The Morgan fingerprint density at radius 2 is 1.86 bits per heavy atom. The van der Waals surface area contributed by atoms with Crippen LogP contribution in [0.2, 0.25) is 0 Å². The minimum Gasteiger partial charge on any atom is -0.383 e. The van der Waals surface area contributed by atoms with E-state index in [0.29, 0.717) is 18.5 Å². The zero-order chi connectivity index (χ0) is 24.9. The summed E-state index contributed by atoms with van der Waals surface area (Å²) in [6.07, 6.45) is 1.18. The number of carbonyl (C=O) groups excluding carboxylic acids is 3. The van der Waals surface area contributed by atoms with Crippen molar-refractivity contribution in [2.24, 2.45) is 5.92 Å². The summed E-state index contributed by atoms with van der Waals surface area (Å²) in [5, 5.41) is 2.97. The molecule has 1 aromatic carbocycles. The number of piperazine rings is 1. The Hall–Kier alpha value is -2.49. The van der Waals surface area contributed by atoms with E-state index in [1.807, 2.05) is 38.1 Å². The third-order valence-electron chi connectivity index (χ3n) is 7.64. The average molecular weight is 487 g/mol. The SMILES string of the molecule is CC[C@H](C)[C@H](NC(=O)c1ccc(N2CCN(CCOC)CC2)cc1)C(=O)N1CC[C@H]2OCC(=O)[C@H]21. The molecule has 3 fully saturated rings. The van der Waals surface area contributed by atoms with E-state index in [1.54, 1.807) is 12.0 Å². The largest absolute Gasteiger partial charge is 0.383 e. The van der Waals surface area contributed by atoms with Gasteiger partial charge >= 0.3 is 0 Å². The van der Waals surface area contributed by atoms with Crippen molar-refractivity contribution in [2.75, 3.05) is 64.5 Å². The fourth-order valence-electron chi connectivity index (χ4n) is 5.20. The second-order valence-corrected chi connectivity index (χ2v) is 9.79. The molecular formula is C26H38N4O5. The molecule has 3 heterocycles. The first-order valence-corrected chi connectivity index (χ1v) is 12.7. The lowest BCUT2D eigenvalue weighted by atomic mass is 9.96. The van der Waals surface area contributed by atoms with Gasteiger partial charge in [-0.2, -0.15) is 0 Å². The second-order valence-electron chi connectivity index (χ2n) is 9.79. The molecule has 0 saturated carbocycles. The van der Waals surface area contributed by atoms with E-state index >= 15 is 0 Å². The molecule has 35 heavy (non-hydrogen) atoms. The van der Waals surface area contributed by atoms with Crippen molar-refractivity contribution in [1.29, 1.82) is 0 Å². The van der Waals surface area contributed by atoms with Crippen molar-refractivity contribution in [1.82, 2.24) is 15.1 Å². The molecule has 9 nitrogen and oxygen atoms in total. The van der Waals surface area contributed by atoms with Crippen LogP contribution in [0.1, 0.15) is 37.0 Å². The highest BCUT2D eigenvalue weighted by Crippen LogP contribution is 2.28. The lowest BCUT2D eigenvalue weighted by molar-refractivity contribution is -0.139. The minimum absolute atomic E-state index is 0.0507. The summed E-state index contributed by atoms with van der Waals surface area (Å²) in [6.45, 7) is 10.0. The summed E-state index contributed by atoms with van der Waals surface area (Å²) in [5.41, 5.74) is 1.61. The quantitative estimate of drug-likeness (QED) is 0.560. The molecule has 1 aromatic rings. The number of carbonyl (C=O) groups is 3. The number of amides is 2. The maximum absolute atomic E-state index is 13.4. The van der Waals surface area contributed by atoms with Crippen LogP contribution in [0.3, 0.4) is 0 Å². The molecule has 0 spiro atoms. The van der Waals surface area contributed by atoms with Crippen molar-refractivity contribution in [2.45, 2.75) is 44.9 Å².